The summed E-state index contributed by atoms with van der Waals surface area (Å²) in [7, 11) is 0. The highest BCUT2D eigenvalue weighted by Crippen LogP contribution is 2.45. The quantitative estimate of drug-likeness (QED) is 0.614. The van der Waals surface area contributed by atoms with Crippen molar-refractivity contribution < 1.29 is 4.74 Å². The van der Waals surface area contributed by atoms with Crippen LogP contribution in [0.5, 0.6) is 5.75 Å². The first-order valence-corrected chi connectivity index (χ1v) is 9.42. The zero-order chi connectivity index (χ0) is 17.5. The molecule has 2 heterocycles. The largest absolute Gasteiger partial charge is 0.469 e. The zero-order valence-electron chi connectivity index (χ0n) is 14.0. The Morgan fingerprint density at radius 2 is 1.69 bits per heavy atom. The normalized spacial score (nSPS) is 21.2. The molecule has 0 bridgehead atoms. The molecular formula is C22H17BrN2O. The standard InChI is InChI=1S/C22H17BrN2O/c23-17-10-6-9-16(13-17)22-25-20(18-11-4-5-12-21(18)26-22)14-19(24-25)15-7-2-1-3-8-15/h1-14,20,22,24H/t20-,22+/m0/s1. The Labute approximate surface area is 161 Å². The number of halogens is 1. The monoisotopic (exact) mass is 404 g/mol. The number of hydrazine groups is 1. The van der Waals surface area contributed by atoms with Crippen LogP contribution < -0.4 is 10.2 Å². The SMILES string of the molecule is Brc1cccc([C@H]2Oc3ccccc3[C@@H]3C=C(c4ccccc4)NN23)c1. The predicted molar refractivity (Wildman–Crippen MR) is 106 cm³/mol. The molecule has 0 aromatic heterocycles. The summed E-state index contributed by atoms with van der Waals surface area (Å²) < 4.78 is 7.43. The third kappa shape index (κ3) is 2.62. The average Bonchev–Trinajstić information content (AvgIpc) is 3.14. The highest BCUT2D eigenvalue weighted by Gasteiger charge is 2.39. The van der Waals surface area contributed by atoms with Gasteiger partial charge in [-0.2, -0.15) is 5.01 Å². The van der Waals surface area contributed by atoms with E-state index in [2.05, 4.69) is 81.0 Å². The summed E-state index contributed by atoms with van der Waals surface area (Å²) >= 11 is 3.57. The van der Waals surface area contributed by atoms with E-state index in [4.69, 9.17) is 4.74 Å². The van der Waals surface area contributed by atoms with Crippen molar-refractivity contribution in [2.24, 2.45) is 0 Å². The van der Waals surface area contributed by atoms with Crippen molar-refractivity contribution in [3.05, 3.63) is 106 Å². The lowest BCUT2D eigenvalue weighted by atomic mass is 10.0. The Morgan fingerprint density at radius 3 is 2.54 bits per heavy atom. The van der Waals surface area contributed by atoms with Crippen LogP contribution in [0.15, 0.2) is 89.4 Å². The van der Waals surface area contributed by atoms with Gasteiger partial charge in [-0.05, 0) is 29.8 Å². The maximum atomic E-state index is 6.38. The summed E-state index contributed by atoms with van der Waals surface area (Å²) in [6.07, 6.45) is 2.08. The number of hydrogen-bond acceptors (Lipinski definition) is 3. The minimum absolute atomic E-state index is 0.124. The molecule has 26 heavy (non-hydrogen) atoms. The Kier molecular flexibility index (Phi) is 3.80. The van der Waals surface area contributed by atoms with Crippen LogP contribution in [-0.4, -0.2) is 5.01 Å². The van der Waals surface area contributed by atoms with E-state index in [0.29, 0.717) is 0 Å². The lowest BCUT2D eigenvalue weighted by Crippen LogP contribution is -2.43. The molecule has 2 atom stereocenters. The van der Waals surface area contributed by atoms with Gasteiger partial charge in [-0.25, -0.2) is 0 Å². The van der Waals surface area contributed by atoms with E-state index in [-0.39, 0.29) is 12.3 Å². The van der Waals surface area contributed by atoms with Crippen LogP contribution in [0.1, 0.15) is 29.0 Å². The lowest BCUT2D eigenvalue weighted by molar-refractivity contribution is -0.0326. The van der Waals surface area contributed by atoms with Gasteiger partial charge >= 0.3 is 0 Å². The van der Waals surface area contributed by atoms with Crippen molar-refractivity contribution in [3.63, 3.8) is 0 Å². The second-order valence-corrected chi connectivity index (χ2v) is 7.39. The van der Waals surface area contributed by atoms with Crippen molar-refractivity contribution in [2.45, 2.75) is 12.3 Å². The molecule has 0 spiro atoms. The second kappa shape index (κ2) is 6.31. The minimum atomic E-state index is -0.204. The summed E-state index contributed by atoms with van der Waals surface area (Å²) in [4.78, 5) is 0. The first-order valence-electron chi connectivity index (χ1n) is 8.63. The first-order chi connectivity index (χ1) is 12.8. The van der Waals surface area contributed by atoms with Gasteiger partial charge < -0.3 is 10.2 Å². The molecular weight excluding hydrogens is 388 g/mol. The first kappa shape index (κ1) is 15.7. The molecule has 1 N–H and O–H groups in total. The Balaban J connectivity index is 1.60. The van der Waals surface area contributed by atoms with E-state index in [1.54, 1.807) is 0 Å². The highest BCUT2D eigenvalue weighted by atomic mass is 79.9. The fourth-order valence-electron chi connectivity index (χ4n) is 3.60. The Bertz CT molecular complexity index is 986. The second-order valence-electron chi connectivity index (χ2n) is 6.47. The van der Waals surface area contributed by atoms with Crippen molar-refractivity contribution in [1.82, 2.24) is 10.4 Å². The topological polar surface area (TPSA) is 24.5 Å². The van der Waals surface area contributed by atoms with Crippen LogP contribution in [0, 0.1) is 0 Å². The maximum Gasteiger partial charge on any atom is 0.196 e. The van der Waals surface area contributed by atoms with Crippen LogP contribution in [0.3, 0.4) is 0 Å². The molecule has 3 nitrogen and oxygen atoms in total. The molecule has 0 aliphatic carbocycles. The van der Waals surface area contributed by atoms with Crippen LogP contribution in [0.4, 0.5) is 0 Å². The molecule has 0 saturated carbocycles. The third-order valence-electron chi connectivity index (χ3n) is 4.82. The number of fused-ring (bicyclic) bond motifs is 3. The average molecular weight is 405 g/mol. The molecule has 0 amide bonds. The number of nitrogens with zero attached hydrogens (tertiary/aromatic N) is 1. The van der Waals surface area contributed by atoms with Crippen molar-refractivity contribution in [1.29, 1.82) is 0 Å². The maximum absolute atomic E-state index is 6.38. The predicted octanol–water partition coefficient (Wildman–Crippen LogP) is 5.44. The van der Waals surface area contributed by atoms with Crippen LogP contribution >= 0.6 is 15.9 Å². The van der Waals surface area contributed by atoms with E-state index < -0.39 is 0 Å². The Hall–Kier alpha value is -2.56. The molecule has 5 rings (SSSR count). The van der Waals surface area contributed by atoms with Gasteiger partial charge in [0.15, 0.2) is 6.23 Å². The van der Waals surface area contributed by atoms with Crippen molar-refractivity contribution in [3.8, 4) is 5.75 Å². The molecule has 3 aromatic carbocycles. The Morgan fingerprint density at radius 1 is 0.885 bits per heavy atom. The van der Waals surface area contributed by atoms with Gasteiger partial charge in [-0.3, -0.25) is 0 Å². The van der Waals surface area contributed by atoms with E-state index in [1.165, 1.54) is 11.1 Å². The molecule has 128 valence electrons. The van der Waals surface area contributed by atoms with Gasteiger partial charge in [-0.1, -0.05) is 76.6 Å². The van der Waals surface area contributed by atoms with Crippen LogP contribution in [0.2, 0.25) is 0 Å². The summed E-state index contributed by atoms with van der Waals surface area (Å²) in [6, 6.07) is 27.1. The summed E-state index contributed by atoms with van der Waals surface area (Å²) in [5, 5.41) is 2.19. The van der Waals surface area contributed by atoms with E-state index in [9.17, 15) is 0 Å². The molecule has 2 aliphatic heterocycles. The fraction of sp³-hybridized carbons (Fsp3) is 0.0909. The van der Waals surface area contributed by atoms with Crippen LogP contribution in [0.25, 0.3) is 5.70 Å². The van der Waals surface area contributed by atoms with Gasteiger partial charge in [0.1, 0.15) is 5.75 Å². The van der Waals surface area contributed by atoms with Crippen LogP contribution in [-0.2, 0) is 0 Å². The van der Waals surface area contributed by atoms with Gasteiger partial charge in [0, 0.05) is 15.6 Å². The summed E-state index contributed by atoms with van der Waals surface area (Å²) in [6.45, 7) is 0. The molecule has 0 radical (unpaired) electrons. The molecule has 0 saturated heterocycles. The number of rotatable bonds is 2. The summed E-state index contributed by atoms with van der Waals surface area (Å²) in [5.74, 6) is 0.936. The number of hydrogen-bond donors (Lipinski definition) is 1. The number of nitrogens with one attached hydrogen (secondary N) is 1. The van der Waals surface area contributed by atoms with E-state index in [1.807, 2.05) is 30.3 Å². The third-order valence-corrected chi connectivity index (χ3v) is 5.31. The number of para-hydroxylation sites is 1. The van der Waals surface area contributed by atoms with Gasteiger partial charge in [0.25, 0.3) is 0 Å². The zero-order valence-corrected chi connectivity index (χ0v) is 15.6. The highest BCUT2D eigenvalue weighted by molar-refractivity contribution is 9.10. The fourth-order valence-corrected chi connectivity index (χ4v) is 4.02. The van der Waals surface area contributed by atoms with E-state index in [0.717, 1.165) is 21.5 Å². The molecule has 0 fully saturated rings. The molecule has 4 heteroatoms. The summed E-state index contributed by atoms with van der Waals surface area (Å²) in [5.41, 5.74) is 8.14. The lowest BCUT2D eigenvalue weighted by Gasteiger charge is -2.39. The molecule has 3 aromatic rings. The minimum Gasteiger partial charge on any atom is -0.469 e. The van der Waals surface area contributed by atoms with E-state index >= 15 is 0 Å². The molecule has 2 aliphatic rings. The van der Waals surface area contributed by atoms with Gasteiger partial charge in [0.05, 0.1) is 11.7 Å². The molecule has 0 unspecified atom stereocenters. The van der Waals surface area contributed by atoms with Gasteiger partial charge in [-0.15, -0.1) is 0 Å². The van der Waals surface area contributed by atoms with Gasteiger partial charge in [0.2, 0.25) is 0 Å². The number of benzene rings is 3. The smallest absolute Gasteiger partial charge is 0.196 e. The van der Waals surface area contributed by atoms with Crippen molar-refractivity contribution >= 4 is 21.6 Å². The number of ether oxygens (including phenoxy) is 1. The van der Waals surface area contributed by atoms with Crippen molar-refractivity contribution in [2.75, 3.05) is 0 Å².